The number of carboxylic acids is 1. The van der Waals surface area contributed by atoms with Gasteiger partial charge in [0.25, 0.3) is 0 Å². The predicted molar refractivity (Wildman–Crippen MR) is 74.7 cm³/mol. The fraction of sp³-hybridized carbons (Fsp3) is 0. The Kier molecular flexibility index (Phi) is 3.17. The first kappa shape index (κ1) is 15.1. The molecule has 1 aliphatic carbocycles. The van der Waals surface area contributed by atoms with Crippen molar-refractivity contribution in [3.8, 4) is 0 Å². The molecule has 2 aromatic rings. The van der Waals surface area contributed by atoms with Crippen molar-refractivity contribution in [3.63, 3.8) is 0 Å². The first-order valence-electron chi connectivity index (χ1n) is 6.28. The molecular weight excluding hydrogens is 324 g/mol. The number of hydrogen-bond donors (Lipinski definition) is 1. The van der Waals surface area contributed by atoms with Crippen LogP contribution in [0.2, 0.25) is 0 Å². The van der Waals surface area contributed by atoms with Crippen molar-refractivity contribution in [3.05, 3.63) is 64.2 Å². The van der Waals surface area contributed by atoms with Gasteiger partial charge in [0, 0.05) is 16.7 Å². The van der Waals surface area contributed by atoms with Crippen molar-refractivity contribution in [2.75, 3.05) is 0 Å². The lowest BCUT2D eigenvalue weighted by atomic mass is 9.83. The minimum absolute atomic E-state index is 0.0716. The molecule has 116 valence electrons. The monoisotopic (exact) mass is 331 g/mol. The highest BCUT2D eigenvalue weighted by molar-refractivity contribution is 7.86. The number of carbonyl (C=O) groups is 3. The molecule has 0 heterocycles. The predicted octanol–water partition coefficient (Wildman–Crippen LogP) is 1.06. The lowest BCUT2D eigenvalue weighted by Crippen LogP contribution is -2.25. The quantitative estimate of drug-likeness (QED) is 0.695. The molecule has 3 rings (SSSR count). The van der Waals surface area contributed by atoms with Gasteiger partial charge in [-0.3, -0.25) is 9.59 Å². The van der Waals surface area contributed by atoms with E-state index in [2.05, 4.69) is 0 Å². The van der Waals surface area contributed by atoms with Gasteiger partial charge in [-0.1, -0.05) is 24.3 Å². The topological polar surface area (TPSA) is 129 Å². The maximum atomic E-state index is 12.5. The second-order valence-electron chi connectivity index (χ2n) is 4.83. The van der Waals surface area contributed by atoms with Gasteiger partial charge in [-0.15, -0.1) is 0 Å². The summed E-state index contributed by atoms with van der Waals surface area (Å²) in [7, 11) is -5.28. The number of benzene rings is 2. The molecule has 0 radical (unpaired) electrons. The van der Waals surface area contributed by atoms with E-state index in [-0.39, 0.29) is 16.7 Å². The summed E-state index contributed by atoms with van der Waals surface area (Å²) in [5.74, 6) is -3.19. The highest BCUT2D eigenvalue weighted by Crippen LogP contribution is 2.33. The molecule has 0 fully saturated rings. The summed E-state index contributed by atoms with van der Waals surface area (Å²) in [6, 6.07) is 7.60. The van der Waals surface area contributed by atoms with Gasteiger partial charge in [-0.25, -0.2) is 13.2 Å². The fourth-order valence-corrected chi connectivity index (χ4v) is 3.46. The molecule has 1 aliphatic rings. The zero-order valence-corrected chi connectivity index (χ0v) is 12.1. The van der Waals surface area contributed by atoms with E-state index in [1.54, 1.807) is 0 Å². The van der Waals surface area contributed by atoms with Gasteiger partial charge in [-0.05, 0) is 12.1 Å². The van der Waals surface area contributed by atoms with Crippen molar-refractivity contribution < 1.29 is 32.5 Å². The average Bonchev–Trinajstić information content (AvgIpc) is 2.50. The van der Waals surface area contributed by atoms with Gasteiger partial charge in [0.05, 0.1) is 16.0 Å². The van der Waals surface area contributed by atoms with Gasteiger partial charge >= 0.3 is 5.97 Å². The number of hydrogen-bond acceptors (Lipinski definition) is 6. The van der Waals surface area contributed by atoms with E-state index in [1.807, 2.05) is 0 Å². The fourth-order valence-electron chi connectivity index (χ4n) is 2.58. The summed E-state index contributed by atoms with van der Waals surface area (Å²) >= 11 is 0. The summed E-state index contributed by atoms with van der Waals surface area (Å²) < 4.78 is 34.5. The summed E-state index contributed by atoms with van der Waals surface area (Å²) in [6.07, 6.45) is 0. The lowest BCUT2D eigenvalue weighted by Gasteiger charge is -2.22. The maximum absolute atomic E-state index is 12.5. The van der Waals surface area contributed by atoms with E-state index in [4.69, 9.17) is 5.11 Å². The minimum atomic E-state index is -5.28. The molecule has 0 aliphatic heterocycles. The van der Waals surface area contributed by atoms with Crippen LogP contribution in [0.1, 0.15) is 42.2 Å². The summed E-state index contributed by atoms with van der Waals surface area (Å²) in [6.45, 7) is 0. The van der Waals surface area contributed by atoms with Crippen LogP contribution in [0.15, 0.2) is 41.3 Å². The SMILES string of the molecule is O=C1c2ccccc2C(=O)c2c1ccc(C(=O)O)c2S(=O)(=O)[O-]. The van der Waals surface area contributed by atoms with Gasteiger partial charge < -0.3 is 9.66 Å². The van der Waals surface area contributed by atoms with E-state index in [0.29, 0.717) is 0 Å². The van der Waals surface area contributed by atoms with Crippen LogP contribution in [-0.2, 0) is 10.1 Å². The summed E-state index contributed by atoms with van der Waals surface area (Å²) in [5.41, 5.74) is -1.81. The van der Waals surface area contributed by atoms with E-state index in [0.717, 1.165) is 12.1 Å². The Hall–Kier alpha value is -2.84. The maximum Gasteiger partial charge on any atom is 0.337 e. The van der Waals surface area contributed by atoms with Crippen LogP contribution in [0, 0.1) is 0 Å². The number of ketones is 2. The standard InChI is InChI=1S/C15H8O7S/c16-12-7-3-1-2-4-8(7)13(17)11-9(12)5-6-10(15(18)19)14(11)23(20,21)22/h1-6H,(H,18,19)(H,20,21,22)/p-1. The van der Waals surface area contributed by atoms with Crippen LogP contribution in [0.4, 0.5) is 0 Å². The average molecular weight is 331 g/mol. The molecule has 8 heteroatoms. The Morgan fingerprint density at radius 3 is 2.00 bits per heavy atom. The Morgan fingerprint density at radius 2 is 1.48 bits per heavy atom. The Bertz CT molecular complexity index is 1000. The van der Waals surface area contributed by atoms with Crippen molar-refractivity contribution >= 4 is 27.7 Å². The second-order valence-corrected chi connectivity index (χ2v) is 6.14. The largest absolute Gasteiger partial charge is 0.744 e. The molecule has 0 saturated heterocycles. The van der Waals surface area contributed by atoms with Crippen molar-refractivity contribution in [1.82, 2.24) is 0 Å². The molecule has 0 bridgehead atoms. The smallest absolute Gasteiger partial charge is 0.337 e. The third-order valence-corrected chi connectivity index (χ3v) is 4.45. The van der Waals surface area contributed by atoms with Gasteiger partial charge in [0.2, 0.25) is 0 Å². The molecule has 7 nitrogen and oxygen atoms in total. The van der Waals surface area contributed by atoms with Crippen LogP contribution in [0.5, 0.6) is 0 Å². The van der Waals surface area contributed by atoms with Crippen LogP contribution in [0.3, 0.4) is 0 Å². The highest BCUT2D eigenvalue weighted by Gasteiger charge is 2.35. The molecular formula is C15H7O7S-. The van der Waals surface area contributed by atoms with Gasteiger partial charge in [0.15, 0.2) is 11.6 Å². The molecule has 2 aromatic carbocycles. The van der Waals surface area contributed by atoms with Gasteiger partial charge in [0.1, 0.15) is 10.1 Å². The number of carboxylic acid groups (broad SMARTS) is 1. The van der Waals surface area contributed by atoms with E-state index in [9.17, 15) is 27.4 Å². The normalized spacial score (nSPS) is 13.4. The van der Waals surface area contributed by atoms with Crippen molar-refractivity contribution in [2.45, 2.75) is 4.90 Å². The Labute approximate surface area is 129 Å². The van der Waals surface area contributed by atoms with E-state index >= 15 is 0 Å². The Morgan fingerprint density at radius 1 is 0.913 bits per heavy atom. The zero-order valence-electron chi connectivity index (χ0n) is 11.3. The van der Waals surface area contributed by atoms with Crippen LogP contribution >= 0.6 is 0 Å². The zero-order chi connectivity index (χ0) is 16.9. The highest BCUT2D eigenvalue weighted by atomic mass is 32.2. The molecule has 0 unspecified atom stereocenters. The lowest BCUT2D eigenvalue weighted by molar-refractivity contribution is 0.0691. The third kappa shape index (κ3) is 2.16. The minimum Gasteiger partial charge on any atom is -0.744 e. The number of aromatic carboxylic acids is 1. The van der Waals surface area contributed by atoms with Crippen LogP contribution in [-0.4, -0.2) is 35.6 Å². The molecule has 0 spiro atoms. The Balaban J connectivity index is 2.47. The number of fused-ring (bicyclic) bond motifs is 2. The molecule has 0 atom stereocenters. The summed E-state index contributed by atoms with van der Waals surface area (Å²) in [4.78, 5) is 35.0. The molecule has 23 heavy (non-hydrogen) atoms. The van der Waals surface area contributed by atoms with E-state index < -0.39 is 43.7 Å². The molecule has 0 aromatic heterocycles. The molecule has 0 amide bonds. The number of rotatable bonds is 2. The number of carbonyl (C=O) groups excluding carboxylic acids is 2. The first-order valence-corrected chi connectivity index (χ1v) is 7.69. The van der Waals surface area contributed by atoms with Crippen molar-refractivity contribution in [1.29, 1.82) is 0 Å². The van der Waals surface area contributed by atoms with Gasteiger partial charge in [-0.2, -0.15) is 0 Å². The first-order chi connectivity index (χ1) is 10.7. The van der Waals surface area contributed by atoms with Crippen LogP contribution < -0.4 is 0 Å². The van der Waals surface area contributed by atoms with Crippen LogP contribution in [0.25, 0.3) is 0 Å². The summed E-state index contributed by atoms with van der Waals surface area (Å²) in [5, 5.41) is 9.08. The molecule has 1 N–H and O–H groups in total. The molecule has 0 saturated carbocycles. The third-order valence-electron chi connectivity index (χ3n) is 3.53. The van der Waals surface area contributed by atoms with Crippen molar-refractivity contribution in [2.24, 2.45) is 0 Å². The second kappa shape index (κ2) is 4.83. The van der Waals surface area contributed by atoms with E-state index in [1.165, 1.54) is 24.3 Å².